The van der Waals surface area contributed by atoms with Crippen LogP contribution in [0.5, 0.6) is 0 Å². The van der Waals surface area contributed by atoms with Crippen molar-refractivity contribution < 1.29 is 9.90 Å². The van der Waals surface area contributed by atoms with E-state index >= 15 is 0 Å². The lowest BCUT2D eigenvalue weighted by molar-refractivity contribution is 0.0691. The molecule has 0 fully saturated rings. The second kappa shape index (κ2) is 4.09. The first-order chi connectivity index (χ1) is 7.25. The molecule has 0 bridgehead atoms. The van der Waals surface area contributed by atoms with Crippen molar-refractivity contribution in [3.8, 4) is 0 Å². The summed E-state index contributed by atoms with van der Waals surface area (Å²) >= 11 is 1.27. The first-order valence-electron chi connectivity index (χ1n) is 4.16. The Morgan fingerprint density at radius 3 is 3.13 bits per heavy atom. The lowest BCUT2D eigenvalue weighted by Gasteiger charge is -1.97. The molecule has 2 aromatic rings. The summed E-state index contributed by atoms with van der Waals surface area (Å²) in [5.41, 5.74) is 1.05. The zero-order chi connectivity index (χ0) is 10.7. The molecular weight excluding hydrogens is 216 g/mol. The van der Waals surface area contributed by atoms with E-state index in [1.807, 2.05) is 0 Å². The molecule has 0 aromatic carbocycles. The first-order valence-corrected chi connectivity index (χ1v) is 5.04. The Balaban J connectivity index is 1.96. The number of anilines is 1. The number of rotatable bonds is 4. The maximum Gasteiger partial charge on any atom is 0.355 e. The molecule has 2 rings (SSSR count). The third-order valence-corrected chi connectivity index (χ3v) is 2.52. The summed E-state index contributed by atoms with van der Waals surface area (Å²) in [4.78, 5) is 14.4. The molecule has 2 heterocycles. The highest BCUT2D eigenvalue weighted by molar-refractivity contribution is 7.13. The maximum atomic E-state index is 10.5. The van der Waals surface area contributed by atoms with Gasteiger partial charge in [-0.25, -0.2) is 9.78 Å². The Morgan fingerprint density at radius 2 is 2.53 bits per heavy atom. The van der Waals surface area contributed by atoms with E-state index in [1.54, 1.807) is 12.4 Å². The lowest BCUT2D eigenvalue weighted by Crippen LogP contribution is -2.00. The summed E-state index contributed by atoms with van der Waals surface area (Å²) in [5, 5.41) is 20.2. The molecule has 6 nitrogen and oxygen atoms in total. The highest BCUT2D eigenvalue weighted by Gasteiger charge is 2.07. The summed E-state index contributed by atoms with van der Waals surface area (Å²) in [6, 6.07) is 0. The van der Waals surface area contributed by atoms with Crippen molar-refractivity contribution in [1.29, 1.82) is 0 Å². The van der Waals surface area contributed by atoms with E-state index < -0.39 is 5.97 Å². The molecule has 0 saturated heterocycles. The number of carbonyl (C=O) groups is 1. The molecule has 7 heteroatoms. The van der Waals surface area contributed by atoms with E-state index in [-0.39, 0.29) is 5.69 Å². The second-order valence-corrected chi connectivity index (χ2v) is 3.66. The van der Waals surface area contributed by atoms with Crippen LogP contribution in [0.2, 0.25) is 0 Å². The number of hydrogen-bond acceptors (Lipinski definition) is 5. The molecule has 0 aliphatic heterocycles. The molecule has 15 heavy (non-hydrogen) atoms. The average molecular weight is 224 g/mol. The van der Waals surface area contributed by atoms with Gasteiger partial charge in [-0.15, -0.1) is 11.3 Å². The second-order valence-electron chi connectivity index (χ2n) is 2.80. The fraction of sp³-hybridized carbons (Fsp3) is 0.125. The smallest absolute Gasteiger partial charge is 0.355 e. The Labute approximate surface area is 89.0 Å². The van der Waals surface area contributed by atoms with Gasteiger partial charge >= 0.3 is 5.97 Å². The molecule has 78 valence electrons. The average Bonchev–Trinajstić information content (AvgIpc) is 2.86. The number of aromatic nitrogens is 3. The third kappa shape index (κ3) is 2.32. The largest absolute Gasteiger partial charge is 0.476 e. The molecule has 0 radical (unpaired) electrons. The minimum absolute atomic E-state index is 0.0645. The van der Waals surface area contributed by atoms with Crippen LogP contribution in [-0.2, 0) is 6.54 Å². The lowest BCUT2D eigenvalue weighted by atomic mass is 10.4. The van der Waals surface area contributed by atoms with E-state index in [2.05, 4.69) is 20.5 Å². The van der Waals surface area contributed by atoms with Crippen LogP contribution in [0.3, 0.4) is 0 Å². The van der Waals surface area contributed by atoms with Crippen LogP contribution < -0.4 is 5.32 Å². The topological polar surface area (TPSA) is 90.9 Å². The van der Waals surface area contributed by atoms with Gasteiger partial charge in [0.1, 0.15) is 0 Å². The highest BCUT2D eigenvalue weighted by Crippen LogP contribution is 2.15. The van der Waals surface area contributed by atoms with Crippen molar-refractivity contribution >= 4 is 22.4 Å². The molecule has 0 aliphatic rings. The number of nitrogens with zero attached hydrogens (tertiary/aromatic N) is 2. The van der Waals surface area contributed by atoms with Gasteiger partial charge in [-0.05, 0) is 0 Å². The standard InChI is InChI=1S/C8H8N4O2S/c13-7(14)6-4-15-8(12-6)9-1-5-2-10-11-3-5/h2-4H,1H2,(H,9,12)(H,10,11)(H,13,14). The molecule has 0 amide bonds. The zero-order valence-electron chi connectivity index (χ0n) is 7.60. The third-order valence-electron chi connectivity index (χ3n) is 1.72. The molecular formula is C8H8N4O2S. The van der Waals surface area contributed by atoms with Gasteiger partial charge in [0.2, 0.25) is 0 Å². The number of nitrogens with one attached hydrogen (secondary N) is 2. The first kappa shape index (κ1) is 9.66. The minimum Gasteiger partial charge on any atom is -0.476 e. The SMILES string of the molecule is O=C(O)c1csc(NCc2cn[nH]c2)n1. The Bertz CT molecular complexity index is 451. The fourth-order valence-corrected chi connectivity index (χ4v) is 1.69. The van der Waals surface area contributed by atoms with Crippen LogP contribution in [0.25, 0.3) is 0 Å². The molecule has 2 aromatic heterocycles. The summed E-state index contributed by atoms with van der Waals surface area (Å²) in [6.07, 6.45) is 3.46. The Morgan fingerprint density at radius 1 is 1.67 bits per heavy atom. The number of H-pyrrole nitrogens is 1. The molecule has 0 aliphatic carbocycles. The number of aromatic carboxylic acids is 1. The maximum absolute atomic E-state index is 10.5. The van der Waals surface area contributed by atoms with Gasteiger partial charge in [0, 0.05) is 23.7 Å². The molecule has 3 N–H and O–H groups in total. The van der Waals surface area contributed by atoms with Crippen LogP contribution in [0.1, 0.15) is 16.1 Å². The van der Waals surface area contributed by atoms with Gasteiger partial charge in [-0.2, -0.15) is 5.10 Å². The number of hydrogen-bond donors (Lipinski definition) is 3. The van der Waals surface area contributed by atoms with Crippen molar-refractivity contribution in [3.63, 3.8) is 0 Å². The van der Waals surface area contributed by atoms with Gasteiger partial charge in [0.05, 0.1) is 6.20 Å². The van der Waals surface area contributed by atoms with E-state index in [0.717, 1.165) is 5.56 Å². The zero-order valence-corrected chi connectivity index (χ0v) is 8.41. The van der Waals surface area contributed by atoms with Gasteiger partial charge in [-0.1, -0.05) is 0 Å². The van der Waals surface area contributed by atoms with Crippen molar-refractivity contribution in [2.45, 2.75) is 6.54 Å². The molecule has 0 atom stereocenters. The van der Waals surface area contributed by atoms with Gasteiger partial charge in [0.25, 0.3) is 0 Å². The number of carboxylic acid groups (broad SMARTS) is 1. The summed E-state index contributed by atoms with van der Waals surface area (Å²) < 4.78 is 0. The van der Waals surface area contributed by atoms with Crippen molar-refractivity contribution in [1.82, 2.24) is 15.2 Å². The van der Waals surface area contributed by atoms with Crippen LogP contribution >= 0.6 is 11.3 Å². The van der Waals surface area contributed by atoms with Crippen LogP contribution in [0.15, 0.2) is 17.8 Å². The monoisotopic (exact) mass is 224 g/mol. The Hall–Kier alpha value is -1.89. The van der Waals surface area contributed by atoms with E-state index in [1.165, 1.54) is 16.7 Å². The van der Waals surface area contributed by atoms with Gasteiger partial charge < -0.3 is 10.4 Å². The van der Waals surface area contributed by atoms with E-state index in [9.17, 15) is 4.79 Å². The normalized spacial score (nSPS) is 10.1. The predicted octanol–water partition coefficient (Wildman–Crippen LogP) is 1.18. The van der Waals surface area contributed by atoms with Crippen molar-refractivity contribution in [3.05, 3.63) is 29.0 Å². The number of carboxylic acids is 1. The van der Waals surface area contributed by atoms with Crippen LogP contribution in [0, 0.1) is 0 Å². The van der Waals surface area contributed by atoms with Crippen LogP contribution in [0.4, 0.5) is 5.13 Å². The van der Waals surface area contributed by atoms with Crippen LogP contribution in [-0.4, -0.2) is 26.3 Å². The van der Waals surface area contributed by atoms with Crippen molar-refractivity contribution in [2.75, 3.05) is 5.32 Å². The number of thiazole rings is 1. The molecule has 0 unspecified atom stereocenters. The predicted molar refractivity (Wildman–Crippen MR) is 55.0 cm³/mol. The minimum atomic E-state index is -1.01. The quantitative estimate of drug-likeness (QED) is 0.725. The van der Waals surface area contributed by atoms with Gasteiger partial charge in [-0.3, -0.25) is 5.10 Å². The van der Waals surface area contributed by atoms with Gasteiger partial charge in [0.15, 0.2) is 10.8 Å². The Kier molecular flexibility index (Phi) is 2.64. The van der Waals surface area contributed by atoms with E-state index in [4.69, 9.17) is 5.11 Å². The summed E-state index contributed by atoms with van der Waals surface area (Å²) in [7, 11) is 0. The highest BCUT2D eigenvalue weighted by atomic mass is 32.1. The van der Waals surface area contributed by atoms with E-state index in [0.29, 0.717) is 11.7 Å². The summed E-state index contributed by atoms with van der Waals surface area (Å²) in [6.45, 7) is 0.572. The molecule has 0 saturated carbocycles. The number of aromatic amines is 1. The summed E-state index contributed by atoms with van der Waals surface area (Å²) in [5.74, 6) is -1.01. The molecule has 0 spiro atoms. The van der Waals surface area contributed by atoms with Crippen molar-refractivity contribution in [2.24, 2.45) is 0 Å². The fourth-order valence-electron chi connectivity index (χ4n) is 1.01.